The first kappa shape index (κ1) is 14.5. The standard InChI is InChI=1S/C9H21N3O2S/c1-4-7(9(10)12-14)11-6(2)8(5-13)15-3/h6-8,11,13-14H,4-5H2,1-3H3,(H2,10,12). The van der Waals surface area contributed by atoms with E-state index in [1.54, 1.807) is 11.8 Å². The van der Waals surface area contributed by atoms with Crippen LogP contribution in [0, 0.1) is 0 Å². The van der Waals surface area contributed by atoms with Gasteiger partial charge in [0.25, 0.3) is 0 Å². The Hall–Kier alpha value is -0.460. The van der Waals surface area contributed by atoms with Crippen LogP contribution in [-0.4, -0.2) is 46.3 Å². The Balaban J connectivity index is 4.28. The zero-order chi connectivity index (χ0) is 11.8. The zero-order valence-corrected chi connectivity index (χ0v) is 10.3. The van der Waals surface area contributed by atoms with Crippen molar-refractivity contribution in [3.63, 3.8) is 0 Å². The van der Waals surface area contributed by atoms with Crippen LogP contribution in [0.3, 0.4) is 0 Å². The van der Waals surface area contributed by atoms with Crippen LogP contribution in [0.15, 0.2) is 5.16 Å². The van der Waals surface area contributed by atoms with E-state index in [1.165, 1.54) is 0 Å². The third-order valence-corrected chi connectivity index (χ3v) is 3.55. The Morgan fingerprint density at radius 1 is 1.60 bits per heavy atom. The van der Waals surface area contributed by atoms with Crippen molar-refractivity contribution < 1.29 is 10.3 Å². The average Bonchev–Trinajstić information content (AvgIpc) is 2.26. The monoisotopic (exact) mass is 235 g/mol. The summed E-state index contributed by atoms with van der Waals surface area (Å²) >= 11 is 1.59. The fourth-order valence-electron chi connectivity index (χ4n) is 1.34. The third kappa shape index (κ3) is 4.72. The van der Waals surface area contributed by atoms with Crippen molar-refractivity contribution >= 4 is 17.6 Å². The van der Waals surface area contributed by atoms with E-state index in [0.717, 1.165) is 6.42 Å². The van der Waals surface area contributed by atoms with Crippen molar-refractivity contribution in [3.05, 3.63) is 0 Å². The lowest BCUT2D eigenvalue weighted by Gasteiger charge is -2.26. The number of nitrogens with one attached hydrogen (secondary N) is 1. The summed E-state index contributed by atoms with van der Waals surface area (Å²) in [6.07, 6.45) is 2.69. The molecule has 6 heteroatoms. The number of amidine groups is 1. The molecule has 3 atom stereocenters. The Morgan fingerprint density at radius 2 is 2.20 bits per heavy atom. The fraction of sp³-hybridized carbons (Fsp3) is 0.889. The van der Waals surface area contributed by atoms with Gasteiger partial charge in [-0.3, -0.25) is 0 Å². The largest absolute Gasteiger partial charge is 0.409 e. The van der Waals surface area contributed by atoms with Crippen LogP contribution in [0.2, 0.25) is 0 Å². The van der Waals surface area contributed by atoms with Gasteiger partial charge in [-0.1, -0.05) is 12.1 Å². The van der Waals surface area contributed by atoms with Crippen molar-refractivity contribution in [2.24, 2.45) is 10.9 Å². The SMILES string of the molecule is CCC(NC(C)C(CO)SC)C(N)=NO. The van der Waals surface area contributed by atoms with Gasteiger partial charge in [-0.25, -0.2) is 0 Å². The number of rotatable bonds is 7. The highest BCUT2D eigenvalue weighted by Crippen LogP contribution is 2.11. The molecule has 0 aliphatic heterocycles. The zero-order valence-electron chi connectivity index (χ0n) is 9.47. The maximum absolute atomic E-state index is 9.11. The second kappa shape index (κ2) is 7.78. The molecule has 3 unspecified atom stereocenters. The van der Waals surface area contributed by atoms with E-state index < -0.39 is 0 Å². The van der Waals surface area contributed by atoms with Crippen molar-refractivity contribution in [2.45, 2.75) is 37.6 Å². The van der Waals surface area contributed by atoms with Gasteiger partial charge in [0, 0.05) is 11.3 Å². The first-order valence-electron chi connectivity index (χ1n) is 4.97. The predicted octanol–water partition coefficient (Wildman–Crippen LogP) is 0.213. The molecule has 0 amide bonds. The Morgan fingerprint density at radius 3 is 2.53 bits per heavy atom. The molecule has 0 saturated carbocycles. The van der Waals surface area contributed by atoms with Gasteiger partial charge in [0.15, 0.2) is 5.84 Å². The van der Waals surface area contributed by atoms with E-state index in [-0.39, 0.29) is 29.8 Å². The summed E-state index contributed by atoms with van der Waals surface area (Å²) in [5.41, 5.74) is 5.53. The van der Waals surface area contributed by atoms with Crippen molar-refractivity contribution in [3.8, 4) is 0 Å². The van der Waals surface area contributed by atoms with Gasteiger partial charge >= 0.3 is 0 Å². The number of nitrogens with zero attached hydrogens (tertiary/aromatic N) is 1. The second-order valence-electron chi connectivity index (χ2n) is 3.40. The number of thioether (sulfide) groups is 1. The molecule has 0 aromatic carbocycles. The maximum Gasteiger partial charge on any atom is 0.156 e. The summed E-state index contributed by atoms with van der Waals surface area (Å²) in [5.74, 6) is 0.183. The summed E-state index contributed by atoms with van der Waals surface area (Å²) in [4.78, 5) is 0. The molecule has 0 aliphatic carbocycles. The second-order valence-corrected chi connectivity index (χ2v) is 4.47. The maximum atomic E-state index is 9.11. The number of oxime groups is 1. The van der Waals surface area contributed by atoms with E-state index in [4.69, 9.17) is 16.0 Å². The molecule has 0 heterocycles. The van der Waals surface area contributed by atoms with E-state index in [2.05, 4.69) is 10.5 Å². The molecule has 0 fully saturated rings. The van der Waals surface area contributed by atoms with Crippen LogP contribution in [0.25, 0.3) is 0 Å². The number of nitrogens with two attached hydrogens (primary N) is 1. The van der Waals surface area contributed by atoms with Gasteiger partial charge in [-0.2, -0.15) is 11.8 Å². The molecule has 0 bridgehead atoms. The molecule has 0 aliphatic rings. The molecule has 0 aromatic heterocycles. The van der Waals surface area contributed by atoms with Gasteiger partial charge in [-0.05, 0) is 19.6 Å². The van der Waals surface area contributed by atoms with E-state index in [9.17, 15) is 0 Å². The highest BCUT2D eigenvalue weighted by Gasteiger charge is 2.20. The molecule has 0 radical (unpaired) electrons. The lowest BCUT2D eigenvalue weighted by Crippen LogP contribution is -2.49. The Bertz CT molecular complexity index is 198. The minimum Gasteiger partial charge on any atom is -0.409 e. The number of hydrogen-bond acceptors (Lipinski definition) is 5. The first-order valence-corrected chi connectivity index (χ1v) is 6.26. The molecule has 5 N–H and O–H groups in total. The lowest BCUT2D eigenvalue weighted by molar-refractivity contribution is 0.272. The molecule has 0 aromatic rings. The van der Waals surface area contributed by atoms with Crippen LogP contribution in [-0.2, 0) is 0 Å². The molecular weight excluding hydrogens is 214 g/mol. The van der Waals surface area contributed by atoms with Gasteiger partial charge in [0.2, 0.25) is 0 Å². The molecule has 15 heavy (non-hydrogen) atoms. The molecular formula is C9H21N3O2S. The average molecular weight is 235 g/mol. The minimum absolute atomic E-state index is 0.107. The van der Waals surface area contributed by atoms with Crippen LogP contribution < -0.4 is 11.1 Å². The van der Waals surface area contributed by atoms with Crippen LogP contribution in [0.4, 0.5) is 0 Å². The summed E-state index contributed by atoms with van der Waals surface area (Å²) in [5, 5.41) is 24.0. The van der Waals surface area contributed by atoms with Gasteiger partial charge in [0.05, 0.1) is 12.6 Å². The predicted molar refractivity (Wildman–Crippen MR) is 64.5 cm³/mol. The normalized spacial score (nSPS) is 18.5. The molecule has 0 spiro atoms. The summed E-state index contributed by atoms with van der Waals surface area (Å²) < 4.78 is 0. The number of aliphatic hydroxyl groups excluding tert-OH is 1. The van der Waals surface area contributed by atoms with Crippen molar-refractivity contribution in [1.29, 1.82) is 0 Å². The molecule has 5 nitrogen and oxygen atoms in total. The molecule has 90 valence electrons. The lowest BCUT2D eigenvalue weighted by atomic mass is 10.1. The van der Waals surface area contributed by atoms with Crippen LogP contribution in [0.1, 0.15) is 20.3 Å². The van der Waals surface area contributed by atoms with Crippen LogP contribution >= 0.6 is 11.8 Å². The number of aliphatic hydroxyl groups is 1. The Kier molecular flexibility index (Phi) is 7.54. The van der Waals surface area contributed by atoms with Gasteiger partial charge in [-0.15, -0.1) is 0 Å². The summed E-state index contributed by atoms with van der Waals surface area (Å²) in [6.45, 7) is 4.04. The summed E-state index contributed by atoms with van der Waals surface area (Å²) in [7, 11) is 0. The third-order valence-electron chi connectivity index (χ3n) is 2.39. The summed E-state index contributed by atoms with van der Waals surface area (Å²) in [6, 6.07) is -0.0403. The first-order chi connectivity index (χ1) is 7.10. The van der Waals surface area contributed by atoms with E-state index >= 15 is 0 Å². The van der Waals surface area contributed by atoms with Crippen LogP contribution in [0.5, 0.6) is 0 Å². The van der Waals surface area contributed by atoms with E-state index in [0.29, 0.717) is 0 Å². The smallest absolute Gasteiger partial charge is 0.156 e. The fourth-order valence-corrected chi connectivity index (χ4v) is 1.98. The van der Waals surface area contributed by atoms with Crippen molar-refractivity contribution in [2.75, 3.05) is 12.9 Å². The molecule has 0 saturated heterocycles. The van der Waals surface area contributed by atoms with Gasteiger partial charge < -0.3 is 21.4 Å². The van der Waals surface area contributed by atoms with Gasteiger partial charge in [0.1, 0.15) is 0 Å². The van der Waals surface area contributed by atoms with Crippen molar-refractivity contribution in [1.82, 2.24) is 5.32 Å². The highest BCUT2D eigenvalue weighted by atomic mass is 32.2. The number of hydrogen-bond donors (Lipinski definition) is 4. The Labute approximate surface area is 95.1 Å². The minimum atomic E-state index is -0.147. The highest BCUT2D eigenvalue weighted by molar-refractivity contribution is 7.99. The quantitative estimate of drug-likeness (QED) is 0.219. The molecule has 0 rings (SSSR count). The van der Waals surface area contributed by atoms with E-state index in [1.807, 2.05) is 20.1 Å². The topological polar surface area (TPSA) is 90.9 Å².